The van der Waals surface area contributed by atoms with E-state index in [0.717, 1.165) is 16.2 Å². The SMILES string of the molecule is CC(C)(O/N=C(/C(=O)N[C@@H]1C(=O)N2C(C(=O)O)=C(CSc3ncncc3-c3ccc(O)c(O)c3)CS[C@H]12)c1csc(N)n1)C(=O)NO. The Bertz CT molecular complexity index is 1830. The number of aromatic nitrogens is 3. The maximum atomic E-state index is 13.4. The highest BCUT2D eigenvalue weighted by Gasteiger charge is 2.54. The van der Waals surface area contributed by atoms with E-state index < -0.39 is 46.4 Å². The molecule has 0 saturated carbocycles. The molecular formula is C27H26N8O9S3. The Morgan fingerprint density at radius 2 is 2.02 bits per heavy atom. The highest BCUT2D eigenvalue weighted by Crippen LogP contribution is 2.42. The summed E-state index contributed by atoms with van der Waals surface area (Å²) in [5.41, 5.74) is 6.35. The Kier molecular flexibility index (Phi) is 9.56. The molecule has 0 unspecified atom stereocenters. The van der Waals surface area contributed by atoms with Crippen molar-refractivity contribution >= 4 is 69.4 Å². The second-order valence-corrected chi connectivity index (χ2v) is 13.4. The van der Waals surface area contributed by atoms with E-state index >= 15 is 0 Å². The Hall–Kier alpha value is -4.92. The molecule has 246 valence electrons. The number of carbonyl (C=O) groups is 4. The monoisotopic (exact) mass is 702 g/mol. The molecular weight excluding hydrogens is 677 g/mol. The molecule has 3 aromatic rings. The summed E-state index contributed by atoms with van der Waals surface area (Å²) in [6.45, 7) is 2.58. The van der Waals surface area contributed by atoms with Gasteiger partial charge in [0.2, 0.25) is 5.60 Å². The molecule has 2 atom stereocenters. The second kappa shape index (κ2) is 13.4. The number of phenolic OH excluding ortho intramolecular Hbond substituents is 2. The molecule has 1 fully saturated rings. The molecule has 0 spiro atoms. The molecule has 17 nitrogen and oxygen atoms in total. The first kappa shape index (κ1) is 33.4. The number of nitrogens with one attached hydrogen (secondary N) is 2. The van der Waals surface area contributed by atoms with Gasteiger partial charge >= 0.3 is 5.97 Å². The van der Waals surface area contributed by atoms with Crippen LogP contribution >= 0.6 is 34.9 Å². The molecule has 8 N–H and O–H groups in total. The number of nitrogens with zero attached hydrogens (tertiary/aromatic N) is 5. The van der Waals surface area contributed by atoms with E-state index in [-0.39, 0.29) is 39.5 Å². The van der Waals surface area contributed by atoms with Crippen molar-refractivity contribution in [2.45, 2.75) is 35.9 Å². The average molecular weight is 703 g/mol. The number of β-lactam (4-membered cyclic amide) rings is 1. The minimum atomic E-state index is -1.70. The Balaban J connectivity index is 1.34. The lowest BCUT2D eigenvalue weighted by atomic mass is 10.0. The number of hydrogen-bond acceptors (Lipinski definition) is 16. The molecule has 0 radical (unpaired) electrons. The molecule has 2 aliphatic rings. The number of aromatic hydroxyl groups is 2. The van der Waals surface area contributed by atoms with Crippen LogP contribution in [-0.4, -0.2) is 98.3 Å². The number of thiazole rings is 1. The van der Waals surface area contributed by atoms with Gasteiger partial charge in [-0.1, -0.05) is 11.2 Å². The number of carboxylic acid groups (broad SMARTS) is 1. The first-order valence-electron chi connectivity index (χ1n) is 13.4. The van der Waals surface area contributed by atoms with Gasteiger partial charge in [0.15, 0.2) is 22.3 Å². The number of oxime groups is 1. The first-order valence-corrected chi connectivity index (χ1v) is 16.3. The number of benzene rings is 1. The summed E-state index contributed by atoms with van der Waals surface area (Å²) >= 11 is 3.46. The summed E-state index contributed by atoms with van der Waals surface area (Å²) in [6, 6.07) is 3.13. The van der Waals surface area contributed by atoms with E-state index in [0.29, 0.717) is 21.7 Å². The number of rotatable bonds is 11. The summed E-state index contributed by atoms with van der Waals surface area (Å²) in [5.74, 6) is -4.10. The lowest BCUT2D eigenvalue weighted by Gasteiger charge is -2.49. The average Bonchev–Trinajstić information content (AvgIpc) is 3.48. The van der Waals surface area contributed by atoms with Crippen molar-refractivity contribution in [2.24, 2.45) is 5.16 Å². The van der Waals surface area contributed by atoms with Crippen LogP contribution in [0.3, 0.4) is 0 Å². The minimum absolute atomic E-state index is 0.00201. The molecule has 1 aromatic carbocycles. The van der Waals surface area contributed by atoms with Crippen molar-refractivity contribution in [3.63, 3.8) is 0 Å². The lowest BCUT2D eigenvalue weighted by molar-refractivity contribution is -0.152. The summed E-state index contributed by atoms with van der Waals surface area (Å²) in [4.78, 5) is 69.7. The number of carbonyl (C=O) groups excluding carboxylic acids is 3. The topological polar surface area (TPSA) is 263 Å². The van der Waals surface area contributed by atoms with Gasteiger partial charge in [0.05, 0.1) is 0 Å². The molecule has 0 bridgehead atoms. The highest BCUT2D eigenvalue weighted by atomic mass is 32.2. The number of thioether (sulfide) groups is 2. The maximum Gasteiger partial charge on any atom is 0.352 e. The fourth-order valence-corrected chi connectivity index (χ4v) is 7.44. The number of nitrogen functional groups attached to an aromatic ring is 1. The van der Waals surface area contributed by atoms with Gasteiger partial charge < -0.3 is 31.2 Å². The van der Waals surface area contributed by atoms with Crippen molar-refractivity contribution in [2.75, 3.05) is 17.2 Å². The van der Waals surface area contributed by atoms with E-state index in [4.69, 9.17) is 15.8 Å². The summed E-state index contributed by atoms with van der Waals surface area (Å²) in [7, 11) is 0. The quantitative estimate of drug-likeness (QED) is 0.0281. The molecule has 5 rings (SSSR count). The van der Waals surface area contributed by atoms with Crippen molar-refractivity contribution in [3.05, 3.63) is 53.1 Å². The van der Waals surface area contributed by atoms with Gasteiger partial charge in [-0.3, -0.25) is 24.5 Å². The van der Waals surface area contributed by atoms with Crippen molar-refractivity contribution in [3.8, 4) is 22.6 Å². The molecule has 47 heavy (non-hydrogen) atoms. The van der Waals surface area contributed by atoms with Gasteiger partial charge in [-0.25, -0.2) is 25.2 Å². The van der Waals surface area contributed by atoms with Crippen LogP contribution < -0.4 is 16.5 Å². The van der Waals surface area contributed by atoms with Crippen LogP contribution in [0.5, 0.6) is 11.5 Å². The van der Waals surface area contributed by atoms with Crippen LogP contribution in [0, 0.1) is 0 Å². The fourth-order valence-electron chi connectivity index (χ4n) is 4.42. The zero-order chi connectivity index (χ0) is 34.0. The summed E-state index contributed by atoms with van der Waals surface area (Å²) < 4.78 is 0. The number of anilines is 1. The third-order valence-corrected chi connectivity index (χ3v) is 9.98. The largest absolute Gasteiger partial charge is 0.504 e. The van der Waals surface area contributed by atoms with E-state index in [9.17, 15) is 34.5 Å². The smallest absolute Gasteiger partial charge is 0.352 e. The van der Waals surface area contributed by atoms with Gasteiger partial charge in [0.1, 0.15) is 34.2 Å². The Morgan fingerprint density at radius 1 is 1.26 bits per heavy atom. The predicted molar refractivity (Wildman–Crippen MR) is 169 cm³/mol. The molecule has 20 heteroatoms. The molecule has 3 amide bonds. The Labute approximate surface area is 277 Å². The number of hydrogen-bond donors (Lipinski definition) is 7. The number of nitrogens with two attached hydrogens (primary N) is 1. The van der Waals surface area contributed by atoms with Crippen LogP contribution in [0.1, 0.15) is 19.5 Å². The van der Waals surface area contributed by atoms with Gasteiger partial charge in [-0.05, 0) is 37.1 Å². The van der Waals surface area contributed by atoms with Crippen molar-refractivity contribution < 1.29 is 44.5 Å². The van der Waals surface area contributed by atoms with Crippen LogP contribution in [0.25, 0.3) is 11.1 Å². The zero-order valence-corrected chi connectivity index (χ0v) is 26.9. The van der Waals surface area contributed by atoms with E-state index in [1.807, 2.05) is 0 Å². The van der Waals surface area contributed by atoms with E-state index in [2.05, 4.69) is 25.4 Å². The zero-order valence-electron chi connectivity index (χ0n) is 24.4. The number of hydroxylamine groups is 1. The molecule has 2 aromatic heterocycles. The first-order chi connectivity index (χ1) is 22.3. The number of fused-ring (bicyclic) bond motifs is 1. The minimum Gasteiger partial charge on any atom is -0.504 e. The number of aliphatic carboxylic acids is 1. The summed E-state index contributed by atoms with van der Waals surface area (Å²) in [6.07, 6.45) is 2.85. The third-order valence-electron chi connectivity index (χ3n) is 6.87. The van der Waals surface area contributed by atoms with Gasteiger partial charge in [-0.2, -0.15) is 0 Å². The lowest BCUT2D eigenvalue weighted by Crippen LogP contribution is -2.71. The van der Waals surface area contributed by atoms with E-state index in [1.165, 1.54) is 72.9 Å². The number of phenols is 2. The van der Waals surface area contributed by atoms with Gasteiger partial charge in [-0.15, -0.1) is 34.9 Å². The molecule has 4 heterocycles. The standard InChI is InChI=1S/C27H26N8O9S3/c1-27(2,25(42)33-43)44-34-17(14-9-47-26(28)31-14)20(38)32-18-22(39)35-19(24(40)41)12(8-46-23(18)35)7-45-21-13(6-29-10-30-21)11-3-4-15(36)16(37)5-11/h3-6,9-10,18,23,36-37,43H,7-8H2,1-2H3,(H2,28,31)(H,32,38)(H,33,42)(H,40,41)/b34-17+/t18-,23-/m1/s1. The molecule has 2 aliphatic heterocycles. The molecule has 0 aliphatic carbocycles. The van der Waals surface area contributed by atoms with Crippen LogP contribution in [0.2, 0.25) is 0 Å². The van der Waals surface area contributed by atoms with Crippen molar-refractivity contribution in [1.29, 1.82) is 0 Å². The van der Waals surface area contributed by atoms with E-state index in [1.54, 1.807) is 6.07 Å². The summed E-state index contributed by atoms with van der Waals surface area (Å²) in [5, 5.41) is 46.3. The highest BCUT2D eigenvalue weighted by molar-refractivity contribution is 8.01. The molecule has 1 saturated heterocycles. The maximum absolute atomic E-state index is 13.4. The second-order valence-electron chi connectivity index (χ2n) is 10.4. The number of carboxylic acids is 1. The fraction of sp³-hybridized carbons (Fsp3) is 0.259. The van der Waals surface area contributed by atoms with Gasteiger partial charge in [0.25, 0.3) is 17.7 Å². The third kappa shape index (κ3) is 6.80. The van der Waals surface area contributed by atoms with Crippen LogP contribution in [0.4, 0.5) is 5.13 Å². The number of amides is 3. The van der Waals surface area contributed by atoms with Crippen LogP contribution in [0.15, 0.2) is 57.6 Å². The van der Waals surface area contributed by atoms with Crippen molar-refractivity contribution in [1.82, 2.24) is 30.6 Å². The van der Waals surface area contributed by atoms with Crippen LogP contribution in [-0.2, 0) is 24.0 Å². The van der Waals surface area contributed by atoms with Gasteiger partial charge in [0, 0.05) is 28.6 Å². The normalized spacial score (nSPS) is 17.9. The Morgan fingerprint density at radius 3 is 2.68 bits per heavy atom. The predicted octanol–water partition coefficient (Wildman–Crippen LogP) is 1.13.